The summed E-state index contributed by atoms with van der Waals surface area (Å²) in [5, 5.41) is 8.73. The maximum Gasteiger partial charge on any atom is 0.307 e. The van der Waals surface area contributed by atoms with E-state index in [-0.39, 0.29) is 6.42 Å². The third-order valence-corrected chi connectivity index (χ3v) is 3.12. The first-order chi connectivity index (χ1) is 8.15. The Hall–Kier alpha value is -1.62. The topological polar surface area (TPSA) is 55.1 Å². The molecule has 0 radical (unpaired) electrons. The number of hydrogen-bond donors (Lipinski definition) is 1. The Morgan fingerprint density at radius 2 is 2.29 bits per heavy atom. The van der Waals surface area contributed by atoms with Gasteiger partial charge in [0.15, 0.2) is 0 Å². The standard InChI is InChI=1S/C12H11BrN2O2/c13-11-5-9(7-15-4-3-14-8-15)1-2-10(11)6-12(16)17/h1-5,8H,6-7H2,(H,16,17). The normalized spacial score (nSPS) is 10.4. The fraction of sp³-hybridized carbons (Fsp3) is 0.167. The highest BCUT2D eigenvalue weighted by atomic mass is 79.9. The Morgan fingerprint density at radius 3 is 2.88 bits per heavy atom. The molecule has 1 N–H and O–H groups in total. The van der Waals surface area contributed by atoms with E-state index in [0.29, 0.717) is 0 Å². The molecule has 0 bridgehead atoms. The molecular formula is C12H11BrN2O2. The highest BCUT2D eigenvalue weighted by Gasteiger charge is 2.06. The van der Waals surface area contributed by atoms with E-state index in [4.69, 9.17) is 5.11 Å². The average Bonchev–Trinajstić information content (AvgIpc) is 2.74. The molecular weight excluding hydrogens is 284 g/mol. The molecule has 5 heteroatoms. The maximum atomic E-state index is 10.6. The van der Waals surface area contributed by atoms with Crippen molar-refractivity contribution in [2.75, 3.05) is 0 Å². The highest BCUT2D eigenvalue weighted by Crippen LogP contribution is 2.19. The van der Waals surface area contributed by atoms with Gasteiger partial charge in [-0.05, 0) is 17.2 Å². The predicted octanol–water partition coefficient (Wildman–Crippen LogP) is 2.32. The van der Waals surface area contributed by atoms with E-state index in [2.05, 4.69) is 20.9 Å². The highest BCUT2D eigenvalue weighted by molar-refractivity contribution is 9.10. The maximum absolute atomic E-state index is 10.6. The first-order valence-electron chi connectivity index (χ1n) is 5.10. The van der Waals surface area contributed by atoms with E-state index < -0.39 is 5.97 Å². The molecule has 88 valence electrons. The quantitative estimate of drug-likeness (QED) is 0.941. The summed E-state index contributed by atoms with van der Waals surface area (Å²) in [6.07, 6.45) is 5.40. The monoisotopic (exact) mass is 294 g/mol. The second-order valence-electron chi connectivity index (χ2n) is 3.73. The number of benzene rings is 1. The number of imidazole rings is 1. The lowest BCUT2D eigenvalue weighted by atomic mass is 10.1. The number of aromatic nitrogens is 2. The SMILES string of the molecule is O=C(O)Cc1ccc(Cn2ccnc2)cc1Br. The van der Waals surface area contributed by atoms with Gasteiger partial charge in [-0.15, -0.1) is 0 Å². The average molecular weight is 295 g/mol. The second kappa shape index (κ2) is 5.14. The summed E-state index contributed by atoms with van der Waals surface area (Å²) < 4.78 is 2.79. The third-order valence-electron chi connectivity index (χ3n) is 2.38. The van der Waals surface area contributed by atoms with Crippen molar-refractivity contribution in [3.63, 3.8) is 0 Å². The van der Waals surface area contributed by atoms with E-state index in [1.807, 2.05) is 29.0 Å². The number of carboxylic acid groups (broad SMARTS) is 1. The van der Waals surface area contributed by atoms with Crippen LogP contribution in [0.15, 0.2) is 41.4 Å². The molecule has 0 saturated carbocycles. The van der Waals surface area contributed by atoms with E-state index >= 15 is 0 Å². The van der Waals surface area contributed by atoms with Crippen molar-refractivity contribution >= 4 is 21.9 Å². The van der Waals surface area contributed by atoms with Crippen molar-refractivity contribution in [3.05, 3.63) is 52.5 Å². The first-order valence-corrected chi connectivity index (χ1v) is 5.89. The molecule has 0 unspecified atom stereocenters. The molecule has 0 fully saturated rings. The van der Waals surface area contributed by atoms with Crippen LogP contribution in [-0.2, 0) is 17.8 Å². The van der Waals surface area contributed by atoms with Gasteiger partial charge in [-0.2, -0.15) is 0 Å². The van der Waals surface area contributed by atoms with Gasteiger partial charge in [0, 0.05) is 23.4 Å². The number of hydrogen-bond acceptors (Lipinski definition) is 2. The van der Waals surface area contributed by atoms with Crippen LogP contribution in [0.2, 0.25) is 0 Å². The fourth-order valence-electron chi connectivity index (χ4n) is 1.59. The molecule has 2 aromatic rings. The van der Waals surface area contributed by atoms with Gasteiger partial charge in [-0.25, -0.2) is 4.98 Å². The molecule has 0 saturated heterocycles. The summed E-state index contributed by atoms with van der Waals surface area (Å²) in [5.74, 6) is -0.826. The zero-order valence-electron chi connectivity index (χ0n) is 9.01. The molecule has 2 rings (SSSR count). The number of carbonyl (C=O) groups is 1. The smallest absolute Gasteiger partial charge is 0.307 e. The van der Waals surface area contributed by atoms with E-state index in [1.165, 1.54) is 0 Å². The van der Waals surface area contributed by atoms with Gasteiger partial charge in [0.25, 0.3) is 0 Å². The van der Waals surface area contributed by atoms with E-state index in [1.54, 1.807) is 12.5 Å². The van der Waals surface area contributed by atoms with Crippen LogP contribution in [0.4, 0.5) is 0 Å². The van der Waals surface area contributed by atoms with Crippen LogP contribution in [0.25, 0.3) is 0 Å². The molecule has 4 nitrogen and oxygen atoms in total. The van der Waals surface area contributed by atoms with Crippen molar-refractivity contribution in [3.8, 4) is 0 Å². The molecule has 1 aromatic carbocycles. The van der Waals surface area contributed by atoms with Gasteiger partial charge in [0.2, 0.25) is 0 Å². The number of carboxylic acids is 1. The molecule has 0 spiro atoms. The van der Waals surface area contributed by atoms with Crippen LogP contribution >= 0.6 is 15.9 Å². The second-order valence-corrected chi connectivity index (χ2v) is 4.59. The van der Waals surface area contributed by atoms with Crippen LogP contribution in [0.3, 0.4) is 0 Å². The number of rotatable bonds is 4. The molecule has 0 aliphatic carbocycles. The summed E-state index contributed by atoms with van der Waals surface area (Å²) in [4.78, 5) is 14.6. The summed E-state index contributed by atoms with van der Waals surface area (Å²) in [7, 11) is 0. The van der Waals surface area contributed by atoms with Crippen molar-refractivity contribution in [2.45, 2.75) is 13.0 Å². The van der Waals surface area contributed by atoms with Crippen LogP contribution in [0.5, 0.6) is 0 Å². The fourth-order valence-corrected chi connectivity index (χ4v) is 2.15. The largest absolute Gasteiger partial charge is 0.481 e. The minimum Gasteiger partial charge on any atom is -0.481 e. The van der Waals surface area contributed by atoms with Crippen LogP contribution in [0.1, 0.15) is 11.1 Å². The van der Waals surface area contributed by atoms with Crippen molar-refractivity contribution in [2.24, 2.45) is 0 Å². The van der Waals surface area contributed by atoms with Crippen molar-refractivity contribution in [1.82, 2.24) is 9.55 Å². The number of nitrogens with zero attached hydrogens (tertiary/aromatic N) is 2. The van der Waals surface area contributed by atoms with Gasteiger partial charge < -0.3 is 9.67 Å². The Kier molecular flexibility index (Phi) is 3.58. The first kappa shape index (κ1) is 11.9. The van der Waals surface area contributed by atoms with Gasteiger partial charge in [0.1, 0.15) is 0 Å². The molecule has 0 aliphatic heterocycles. The van der Waals surface area contributed by atoms with Crippen LogP contribution in [-0.4, -0.2) is 20.6 Å². The summed E-state index contributed by atoms with van der Waals surface area (Å²) in [6.45, 7) is 0.728. The lowest BCUT2D eigenvalue weighted by molar-refractivity contribution is -0.136. The lowest BCUT2D eigenvalue weighted by Gasteiger charge is -2.06. The van der Waals surface area contributed by atoms with E-state index in [0.717, 1.165) is 22.1 Å². The molecule has 0 atom stereocenters. The predicted molar refractivity (Wildman–Crippen MR) is 66.8 cm³/mol. The molecule has 1 aromatic heterocycles. The summed E-state index contributed by atoms with van der Waals surface area (Å²) in [6, 6.07) is 5.71. The van der Waals surface area contributed by atoms with Gasteiger partial charge in [-0.3, -0.25) is 4.79 Å². The Bertz CT molecular complexity index is 523. The third kappa shape index (κ3) is 3.17. The Balaban J connectivity index is 2.16. The van der Waals surface area contributed by atoms with E-state index in [9.17, 15) is 4.79 Å². The zero-order valence-corrected chi connectivity index (χ0v) is 10.6. The van der Waals surface area contributed by atoms with Gasteiger partial charge in [-0.1, -0.05) is 28.1 Å². The summed E-state index contributed by atoms with van der Waals surface area (Å²) >= 11 is 3.39. The molecule has 17 heavy (non-hydrogen) atoms. The van der Waals surface area contributed by atoms with Crippen LogP contribution in [0, 0.1) is 0 Å². The lowest BCUT2D eigenvalue weighted by Crippen LogP contribution is -2.02. The van der Waals surface area contributed by atoms with Crippen LogP contribution < -0.4 is 0 Å². The minimum absolute atomic E-state index is 0.0337. The summed E-state index contributed by atoms with van der Waals surface area (Å²) in [5.41, 5.74) is 1.89. The number of aliphatic carboxylic acids is 1. The van der Waals surface area contributed by atoms with Gasteiger partial charge in [0.05, 0.1) is 12.7 Å². The van der Waals surface area contributed by atoms with Crippen molar-refractivity contribution < 1.29 is 9.90 Å². The number of halogens is 1. The van der Waals surface area contributed by atoms with Crippen molar-refractivity contribution in [1.29, 1.82) is 0 Å². The molecule has 1 heterocycles. The molecule has 0 amide bonds. The minimum atomic E-state index is -0.826. The molecule has 0 aliphatic rings. The Labute approximate surface area is 107 Å². The Morgan fingerprint density at radius 1 is 1.47 bits per heavy atom. The zero-order chi connectivity index (χ0) is 12.3. The van der Waals surface area contributed by atoms with Gasteiger partial charge >= 0.3 is 5.97 Å².